The largest absolute Gasteiger partial charge is 0.497 e. The Balaban J connectivity index is 0.948. The monoisotopic (exact) mass is 1120 g/mol. The lowest BCUT2D eigenvalue weighted by atomic mass is 9.82. The van der Waals surface area contributed by atoms with E-state index in [1.807, 2.05) is 104 Å². The summed E-state index contributed by atoms with van der Waals surface area (Å²) in [6.45, 7) is 4.15. The Kier molecular flexibility index (Phi) is 24.4. The molecule has 0 spiro atoms. The summed E-state index contributed by atoms with van der Waals surface area (Å²) in [5.41, 5.74) is 5.12. The predicted octanol–water partition coefficient (Wildman–Crippen LogP) is 7.78. The molecule has 0 atom stereocenters. The molecule has 0 saturated heterocycles. The van der Waals surface area contributed by atoms with Gasteiger partial charge in [0, 0.05) is 133 Å². The van der Waals surface area contributed by atoms with E-state index in [4.69, 9.17) is 50.7 Å². The van der Waals surface area contributed by atoms with Gasteiger partial charge in [0.15, 0.2) is 11.4 Å². The molecule has 0 N–H and O–H groups in total. The molecule has 2 aliphatic rings. The van der Waals surface area contributed by atoms with Crippen molar-refractivity contribution in [1.82, 2.24) is 0 Å². The van der Waals surface area contributed by atoms with Gasteiger partial charge in [0.05, 0.1) is 33.5 Å². The van der Waals surface area contributed by atoms with E-state index in [-0.39, 0.29) is 45.4 Å². The predicted molar refractivity (Wildman–Crippen MR) is 334 cm³/mol. The molecule has 406 valence electrons. The number of methoxy groups -OCH3 is 1. The topological polar surface area (TPSA) is 90.9 Å². The van der Waals surface area contributed by atoms with Gasteiger partial charge in [-0.15, -0.1) is 12.8 Å². The third kappa shape index (κ3) is 18.6. The van der Waals surface area contributed by atoms with Gasteiger partial charge in [-0.2, -0.15) is 0 Å². The van der Waals surface area contributed by atoms with Gasteiger partial charge in [0.25, 0.3) is 0 Å². The smallest absolute Gasteiger partial charge is 0.195 e. The second-order valence-corrected chi connectivity index (χ2v) is 16.9. The zero-order valence-corrected chi connectivity index (χ0v) is 46.7. The second kappa shape index (κ2) is 34.7. The van der Waals surface area contributed by atoms with Crippen molar-refractivity contribution in [2.45, 2.75) is 12.5 Å². The van der Waals surface area contributed by atoms with E-state index < -0.39 is 5.60 Å². The van der Waals surface area contributed by atoms with Gasteiger partial charge in [-0.05, 0) is 173 Å². The highest BCUT2D eigenvalue weighted by molar-refractivity contribution is 6.29. The summed E-state index contributed by atoms with van der Waals surface area (Å²) in [6.07, 6.45) is 19.0. The molecular formula is C78H40O9. The van der Waals surface area contributed by atoms with Gasteiger partial charge in [0.1, 0.15) is 61.6 Å². The van der Waals surface area contributed by atoms with Crippen LogP contribution in [0.2, 0.25) is 0 Å². The van der Waals surface area contributed by atoms with Gasteiger partial charge in [-0.1, -0.05) is 42.0 Å². The lowest BCUT2D eigenvalue weighted by Crippen LogP contribution is -2.34. The first-order chi connectivity index (χ1) is 43.0. The normalized spacial score (nSPS) is 9.77. The first-order valence-corrected chi connectivity index (χ1v) is 26.0. The van der Waals surface area contributed by atoms with E-state index >= 15 is 0 Å². The SMILES string of the molecule is C#CC#CC#CC#CC#CC#CC#CC#CC#COCCOCCOc1ccc(C2(c3ccc(OCCOCCOC#CC#CC#CC#CC#CC#CC#CC#CC#C)cc3)C=Cc3c4c(c5ccc(OC)cc5c3O2)-c2ccc(C)cc2C4=O)cc1. The maximum absolute atomic E-state index is 14.4. The summed E-state index contributed by atoms with van der Waals surface area (Å²) in [7, 11) is 1.62. The van der Waals surface area contributed by atoms with Crippen molar-refractivity contribution in [3.05, 3.63) is 124 Å². The van der Waals surface area contributed by atoms with Gasteiger partial charge < -0.3 is 37.9 Å². The molecule has 5 aromatic carbocycles. The molecule has 0 unspecified atom stereocenters. The number of aryl methyl sites for hydroxylation is 1. The van der Waals surface area contributed by atoms with Crippen molar-refractivity contribution in [3.63, 3.8) is 0 Å². The Labute approximate surface area is 508 Å². The number of carbonyl (C=O) groups excluding carboxylic acids is 1. The van der Waals surface area contributed by atoms with Crippen LogP contribution < -0.4 is 18.9 Å². The van der Waals surface area contributed by atoms with Crippen LogP contribution >= 0.6 is 0 Å². The van der Waals surface area contributed by atoms with Gasteiger partial charge >= 0.3 is 0 Å². The van der Waals surface area contributed by atoms with Crippen molar-refractivity contribution in [2.24, 2.45) is 0 Å². The van der Waals surface area contributed by atoms with Crippen molar-refractivity contribution in [2.75, 3.05) is 60.0 Å². The Hall–Kier alpha value is -13.4. The highest BCUT2D eigenvalue weighted by Gasteiger charge is 2.42. The molecule has 0 bridgehead atoms. The van der Waals surface area contributed by atoms with Crippen LogP contribution in [0.15, 0.2) is 91.0 Å². The lowest BCUT2D eigenvalue weighted by Gasteiger charge is -2.37. The lowest BCUT2D eigenvalue weighted by molar-refractivity contribution is 0.0697. The summed E-state index contributed by atoms with van der Waals surface area (Å²) in [6, 6.07) is 27.2. The van der Waals surface area contributed by atoms with Crippen LogP contribution in [0, 0.1) is 221 Å². The molecule has 1 heterocycles. The maximum atomic E-state index is 14.4. The summed E-state index contributed by atoms with van der Waals surface area (Å²) in [5.74, 6) is 81.9. The standard InChI is InChI=1S/C78H40O9/c1-5-7-9-11-13-15-17-19-21-23-25-27-29-31-33-35-51-81-53-55-83-57-59-85-66-42-38-64(39-43-66)78(50-49-71-75-74(69-47-37-63(3)61-72(69)76(75)79)70-48-46-68(80-4)62-73(70)77(71)87-78)65-40-44-67(45-41-65)86-60-58-84-56-54-82-52-36-34-32-30-28-26-24-22-20-18-16-14-12-10-8-6-2/h1-2,37-50,61-62H,53-60H2,3-4H3. The molecule has 0 saturated carbocycles. The number of hydrogen-bond donors (Lipinski definition) is 0. The summed E-state index contributed by atoms with van der Waals surface area (Å²) in [4.78, 5) is 14.4. The number of carbonyl (C=O) groups is 1. The number of benzene rings is 5. The summed E-state index contributed by atoms with van der Waals surface area (Å²) in [5, 5.41) is 1.67. The minimum Gasteiger partial charge on any atom is -0.497 e. The third-order valence-corrected chi connectivity index (χ3v) is 11.5. The summed E-state index contributed by atoms with van der Waals surface area (Å²) < 4.78 is 47.2. The van der Waals surface area contributed by atoms with Crippen LogP contribution in [0.4, 0.5) is 0 Å². The highest BCUT2D eigenvalue weighted by atomic mass is 16.5. The molecule has 87 heavy (non-hydrogen) atoms. The fourth-order valence-electron chi connectivity index (χ4n) is 7.99. The van der Waals surface area contributed by atoms with Crippen molar-refractivity contribution >= 4 is 22.6 Å². The molecule has 1 aliphatic heterocycles. The zero-order chi connectivity index (χ0) is 60.8. The third-order valence-electron chi connectivity index (χ3n) is 11.5. The minimum absolute atomic E-state index is 0.0544. The fraction of sp³-hybridized carbons (Fsp3) is 0.141. The van der Waals surface area contributed by atoms with E-state index in [2.05, 4.69) is 202 Å². The second-order valence-electron chi connectivity index (χ2n) is 16.9. The van der Waals surface area contributed by atoms with Crippen LogP contribution in [0.5, 0.6) is 23.0 Å². The Morgan fingerprint density at radius 3 is 1.28 bits per heavy atom. The van der Waals surface area contributed by atoms with E-state index in [0.717, 1.165) is 38.6 Å². The van der Waals surface area contributed by atoms with Crippen molar-refractivity contribution in [3.8, 4) is 249 Å². The molecule has 9 heteroatoms. The van der Waals surface area contributed by atoms with Crippen LogP contribution in [0.25, 0.3) is 28.0 Å². The molecule has 1 aliphatic carbocycles. The number of fused-ring (bicyclic) bond motifs is 8. The molecule has 0 amide bonds. The van der Waals surface area contributed by atoms with E-state index in [1.165, 1.54) is 0 Å². The average Bonchev–Trinajstić information content (AvgIpc) is 1.70. The molecule has 0 radical (unpaired) electrons. The molecule has 9 nitrogen and oxygen atoms in total. The van der Waals surface area contributed by atoms with Gasteiger partial charge in [0.2, 0.25) is 0 Å². The summed E-state index contributed by atoms with van der Waals surface area (Å²) >= 11 is 0. The average molecular weight is 1120 g/mol. The first kappa shape index (κ1) is 61.2. The molecule has 0 aromatic heterocycles. The van der Waals surface area contributed by atoms with Crippen molar-refractivity contribution in [1.29, 1.82) is 0 Å². The molecular weight excluding hydrogens is 1080 g/mol. The van der Waals surface area contributed by atoms with E-state index in [0.29, 0.717) is 52.9 Å². The number of rotatable bonds is 17. The van der Waals surface area contributed by atoms with Crippen LogP contribution in [-0.4, -0.2) is 65.7 Å². The zero-order valence-electron chi connectivity index (χ0n) is 46.7. The quantitative estimate of drug-likeness (QED) is 0.0672. The number of terminal acetylenes is 2. The van der Waals surface area contributed by atoms with Gasteiger partial charge in [-0.3, -0.25) is 4.79 Å². The highest BCUT2D eigenvalue weighted by Crippen LogP contribution is 2.53. The first-order valence-electron chi connectivity index (χ1n) is 26.0. The van der Waals surface area contributed by atoms with Gasteiger partial charge in [-0.25, -0.2) is 0 Å². The Morgan fingerprint density at radius 1 is 0.425 bits per heavy atom. The van der Waals surface area contributed by atoms with Crippen LogP contribution in [0.1, 0.15) is 38.2 Å². The number of hydrogen-bond acceptors (Lipinski definition) is 9. The number of ether oxygens (including phenoxy) is 8. The van der Waals surface area contributed by atoms with Crippen LogP contribution in [-0.2, 0) is 24.5 Å². The maximum Gasteiger partial charge on any atom is 0.195 e. The van der Waals surface area contributed by atoms with Crippen LogP contribution in [0.3, 0.4) is 0 Å². The van der Waals surface area contributed by atoms with E-state index in [9.17, 15) is 4.79 Å². The fourth-order valence-corrected chi connectivity index (χ4v) is 7.99. The Bertz CT molecular complexity index is 4530. The number of ketones is 1. The van der Waals surface area contributed by atoms with Crippen molar-refractivity contribution < 1.29 is 42.7 Å². The molecule has 0 fully saturated rings. The Morgan fingerprint density at radius 2 is 0.839 bits per heavy atom. The van der Waals surface area contributed by atoms with E-state index in [1.54, 1.807) is 7.11 Å². The molecule has 7 rings (SSSR count). The molecule has 5 aromatic rings. The minimum atomic E-state index is -1.18.